The van der Waals surface area contributed by atoms with Crippen molar-refractivity contribution in [1.29, 1.82) is 0 Å². The first-order valence-corrected chi connectivity index (χ1v) is 7.10. The highest BCUT2D eigenvalue weighted by Crippen LogP contribution is 2.15. The topological polar surface area (TPSA) is 85.8 Å². The Hall–Kier alpha value is -1.54. The summed E-state index contributed by atoms with van der Waals surface area (Å²) in [5, 5.41) is 13.1. The molecular weight excluding hydrogens is 270 g/mol. The van der Waals surface area contributed by atoms with Gasteiger partial charge in [0.2, 0.25) is 11.9 Å². The first kappa shape index (κ1) is 12.9. The smallest absolute Gasteiger partial charge is 0.230 e. The molecule has 0 atom stereocenters. The minimum absolute atomic E-state index is 0.0324. The fraction of sp³-hybridized carbons (Fsp3) is 0.300. The maximum atomic E-state index is 11.6. The first-order chi connectivity index (χ1) is 8.66. The monoisotopic (exact) mass is 283 g/mol. The van der Waals surface area contributed by atoms with E-state index >= 15 is 0 Å². The summed E-state index contributed by atoms with van der Waals surface area (Å²) < 4.78 is 1.65. The van der Waals surface area contributed by atoms with E-state index in [1.54, 1.807) is 23.0 Å². The van der Waals surface area contributed by atoms with Crippen molar-refractivity contribution in [3.8, 4) is 0 Å². The Balaban J connectivity index is 1.76. The molecule has 0 aliphatic carbocycles. The van der Waals surface area contributed by atoms with Crippen LogP contribution in [0.15, 0.2) is 22.7 Å². The number of thioether (sulfide) groups is 1. The van der Waals surface area contributed by atoms with E-state index in [9.17, 15) is 4.79 Å². The van der Waals surface area contributed by atoms with Gasteiger partial charge in [0, 0.05) is 11.9 Å². The summed E-state index contributed by atoms with van der Waals surface area (Å²) in [7, 11) is 1.77. The number of hydrogen-bond donors (Lipinski definition) is 2. The highest BCUT2D eigenvalue weighted by Gasteiger charge is 2.09. The molecule has 2 aromatic heterocycles. The van der Waals surface area contributed by atoms with Crippen molar-refractivity contribution in [2.45, 2.75) is 11.7 Å². The number of hydrogen-bond acceptors (Lipinski definition) is 6. The first-order valence-electron chi connectivity index (χ1n) is 5.23. The highest BCUT2D eigenvalue weighted by atomic mass is 32.2. The Morgan fingerprint density at radius 2 is 2.44 bits per heavy atom. The van der Waals surface area contributed by atoms with Crippen LogP contribution >= 0.6 is 23.1 Å². The van der Waals surface area contributed by atoms with Gasteiger partial charge >= 0.3 is 0 Å². The highest BCUT2D eigenvalue weighted by molar-refractivity contribution is 7.99. The van der Waals surface area contributed by atoms with E-state index in [2.05, 4.69) is 15.5 Å². The lowest BCUT2D eigenvalue weighted by molar-refractivity contribution is -0.118. The van der Waals surface area contributed by atoms with Crippen molar-refractivity contribution >= 4 is 35.0 Å². The van der Waals surface area contributed by atoms with Gasteiger partial charge in [0.25, 0.3) is 0 Å². The van der Waals surface area contributed by atoms with Gasteiger partial charge < -0.3 is 11.1 Å². The average Bonchev–Trinajstić information content (AvgIpc) is 2.97. The second kappa shape index (κ2) is 5.87. The van der Waals surface area contributed by atoms with E-state index in [1.807, 2.05) is 17.5 Å². The van der Waals surface area contributed by atoms with Crippen molar-refractivity contribution in [3.05, 3.63) is 22.4 Å². The second-order valence-corrected chi connectivity index (χ2v) is 5.52. The molecule has 2 rings (SSSR count). The van der Waals surface area contributed by atoms with Crippen LogP contribution in [0.3, 0.4) is 0 Å². The number of nitrogens with zero attached hydrogens (tertiary/aromatic N) is 3. The molecule has 0 bridgehead atoms. The molecule has 6 nitrogen and oxygen atoms in total. The van der Waals surface area contributed by atoms with E-state index in [4.69, 9.17) is 5.73 Å². The zero-order chi connectivity index (χ0) is 13.0. The number of nitrogens with two attached hydrogens (primary N) is 1. The molecule has 1 amide bonds. The maximum Gasteiger partial charge on any atom is 0.230 e. The normalized spacial score (nSPS) is 10.5. The van der Waals surface area contributed by atoms with Crippen LogP contribution in [0.5, 0.6) is 0 Å². The molecule has 96 valence electrons. The van der Waals surface area contributed by atoms with Gasteiger partial charge in [0.15, 0.2) is 5.16 Å². The maximum absolute atomic E-state index is 11.6. The van der Waals surface area contributed by atoms with Crippen molar-refractivity contribution in [1.82, 2.24) is 20.1 Å². The van der Waals surface area contributed by atoms with Gasteiger partial charge in [-0.05, 0) is 11.4 Å². The molecule has 0 fully saturated rings. The van der Waals surface area contributed by atoms with Gasteiger partial charge in [-0.1, -0.05) is 17.8 Å². The van der Waals surface area contributed by atoms with E-state index in [0.29, 0.717) is 23.4 Å². The molecule has 2 heterocycles. The van der Waals surface area contributed by atoms with Gasteiger partial charge in [0.05, 0.1) is 12.3 Å². The molecule has 0 spiro atoms. The molecule has 3 N–H and O–H groups in total. The van der Waals surface area contributed by atoms with Crippen LogP contribution < -0.4 is 11.1 Å². The predicted octanol–water partition coefficient (Wildman–Crippen LogP) is 0.867. The van der Waals surface area contributed by atoms with Gasteiger partial charge in [-0.2, -0.15) is 0 Å². The van der Waals surface area contributed by atoms with Crippen LogP contribution in [0.1, 0.15) is 4.88 Å². The summed E-state index contributed by atoms with van der Waals surface area (Å²) in [5.41, 5.74) is 5.55. The molecule has 2 aromatic rings. The van der Waals surface area contributed by atoms with Gasteiger partial charge in [0.1, 0.15) is 0 Å². The number of rotatable bonds is 5. The van der Waals surface area contributed by atoms with Crippen LogP contribution in [-0.4, -0.2) is 26.4 Å². The van der Waals surface area contributed by atoms with Gasteiger partial charge in [-0.3, -0.25) is 9.36 Å². The molecule has 0 radical (unpaired) electrons. The molecule has 0 saturated heterocycles. The van der Waals surface area contributed by atoms with Gasteiger partial charge in [-0.15, -0.1) is 21.5 Å². The number of thiophene rings is 1. The van der Waals surface area contributed by atoms with Crippen LogP contribution in [0.25, 0.3) is 0 Å². The zero-order valence-corrected chi connectivity index (χ0v) is 11.4. The average molecular weight is 283 g/mol. The number of nitrogen functional groups attached to an aromatic ring is 1. The Morgan fingerprint density at radius 3 is 3.06 bits per heavy atom. The summed E-state index contributed by atoms with van der Waals surface area (Å²) in [5.74, 6) is 0.614. The third-order valence-corrected chi connectivity index (χ3v) is 4.14. The quantitative estimate of drug-likeness (QED) is 0.795. The third-order valence-electron chi connectivity index (χ3n) is 2.24. The molecule has 0 aliphatic rings. The Kier molecular flexibility index (Phi) is 4.21. The van der Waals surface area contributed by atoms with E-state index in [1.165, 1.54) is 11.8 Å². The molecule has 0 saturated carbocycles. The molecule has 0 aliphatic heterocycles. The lowest BCUT2D eigenvalue weighted by Gasteiger charge is -2.03. The number of nitrogens with one attached hydrogen (secondary N) is 1. The lowest BCUT2D eigenvalue weighted by atomic mass is 10.4. The van der Waals surface area contributed by atoms with E-state index in [0.717, 1.165) is 4.88 Å². The molecule has 8 heteroatoms. The number of anilines is 1. The van der Waals surface area contributed by atoms with E-state index < -0.39 is 0 Å². The molecule has 18 heavy (non-hydrogen) atoms. The fourth-order valence-electron chi connectivity index (χ4n) is 1.23. The van der Waals surface area contributed by atoms with Gasteiger partial charge in [-0.25, -0.2) is 0 Å². The summed E-state index contributed by atoms with van der Waals surface area (Å²) in [4.78, 5) is 12.7. The number of carbonyl (C=O) groups excluding carboxylic acids is 1. The number of carbonyl (C=O) groups is 1. The summed E-state index contributed by atoms with van der Waals surface area (Å²) >= 11 is 2.93. The molecular formula is C10H13N5OS2. The van der Waals surface area contributed by atoms with Crippen LogP contribution in [0.2, 0.25) is 0 Å². The van der Waals surface area contributed by atoms with Crippen LogP contribution in [0, 0.1) is 0 Å². The molecule has 0 unspecified atom stereocenters. The molecule has 0 aromatic carbocycles. The van der Waals surface area contributed by atoms with Crippen molar-refractivity contribution in [2.75, 3.05) is 11.5 Å². The predicted molar refractivity (Wildman–Crippen MR) is 72.3 cm³/mol. The minimum Gasteiger partial charge on any atom is -0.368 e. The van der Waals surface area contributed by atoms with Crippen LogP contribution in [-0.2, 0) is 18.4 Å². The summed E-state index contributed by atoms with van der Waals surface area (Å²) in [6.07, 6.45) is 0. The summed E-state index contributed by atoms with van der Waals surface area (Å²) in [6, 6.07) is 3.95. The largest absolute Gasteiger partial charge is 0.368 e. The lowest BCUT2D eigenvalue weighted by Crippen LogP contribution is -2.24. The van der Waals surface area contributed by atoms with Crippen molar-refractivity contribution in [3.63, 3.8) is 0 Å². The zero-order valence-electron chi connectivity index (χ0n) is 9.79. The van der Waals surface area contributed by atoms with E-state index in [-0.39, 0.29) is 5.91 Å². The van der Waals surface area contributed by atoms with Crippen LogP contribution in [0.4, 0.5) is 5.95 Å². The van der Waals surface area contributed by atoms with Crippen molar-refractivity contribution < 1.29 is 4.79 Å². The SMILES string of the molecule is Cn1c(N)nnc1SCC(=O)NCc1cccs1. The fourth-order valence-corrected chi connectivity index (χ4v) is 2.62. The summed E-state index contributed by atoms with van der Waals surface area (Å²) in [6.45, 7) is 0.567. The third kappa shape index (κ3) is 3.23. The number of amides is 1. The minimum atomic E-state index is -0.0324. The Bertz CT molecular complexity index is 522. The second-order valence-electron chi connectivity index (χ2n) is 3.54. The Morgan fingerprint density at radius 1 is 1.61 bits per heavy atom. The Labute approximate surface area is 113 Å². The van der Waals surface area contributed by atoms with Crippen molar-refractivity contribution in [2.24, 2.45) is 7.05 Å². The standard InChI is InChI=1S/C10H13N5OS2/c1-15-9(11)13-14-10(15)18-6-8(16)12-5-7-3-2-4-17-7/h2-4H,5-6H2,1H3,(H2,11,13)(H,12,16). The number of aromatic nitrogens is 3.